The van der Waals surface area contributed by atoms with E-state index in [0.717, 1.165) is 11.3 Å². The summed E-state index contributed by atoms with van der Waals surface area (Å²) < 4.78 is 0. The van der Waals surface area contributed by atoms with E-state index in [0.29, 0.717) is 6.54 Å². The number of para-hydroxylation sites is 1. The number of carbonyl (C=O) groups excluding carboxylic acids is 1. The minimum absolute atomic E-state index is 0.108. The molecule has 0 saturated heterocycles. The Morgan fingerprint density at radius 1 is 1.33 bits per heavy atom. The van der Waals surface area contributed by atoms with E-state index < -0.39 is 0 Å². The second kappa shape index (κ2) is 3.26. The molecule has 0 unspecified atom stereocenters. The Morgan fingerprint density at radius 2 is 2.00 bits per heavy atom. The van der Waals surface area contributed by atoms with Crippen LogP contribution < -0.4 is 5.32 Å². The molecule has 15 heavy (non-hydrogen) atoms. The molecule has 0 atom stereocenters. The fraction of sp³-hybridized carbons (Fsp3) is 0.417. The van der Waals surface area contributed by atoms with Crippen LogP contribution in [-0.2, 0) is 0 Å². The normalized spacial score (nSPS) is 18.3. The number of hydrogen-bond donors (Lipinski definition) is 1. The Kier molecular flexibility index (Phi) is 2.18. The molecule has 0 fully saturated rings. The molecule has 1 aromatic rings. The highest BCUT2D eigenvalue weighted by molar-refractivity contribution is 6.02. The van der Waals surface area contributed by atoms with Crippen molar-refractivity contribution in [3.63, 3.8) is 0 Å². The van der Waals surface area contributed by atoms with Crippen molar-refractivity contribution in [3.8, 4) is 0 Å². The van der Waals surface area contributed by atoms with E-state index >= 15 is 0 Å². The average molecular weight is 204 g/mol. The lowest BCUT2D eigenvalue weighted by Crippen LogP contribution is -2.55. The maximum absolute atomic E-state index is 12.1. The van der Waals surface area contributed by atoms with E-state index in [1.54, 1.807) is 0 Å². The quantitative estimate of drug-likeness (QED) is 0.761. The van der Waals surface area contributed by atoms with Crippen molar-refractivity contribution >= 4 is 11.6 Å². The van der Waals surface area contributed by atoms with Crippen LogP contribution in [0.5, 0.6) is 0 Å². The third-order valence-corrected chi connectivity index (χ3v) is 2.83. The van der Waals surface area contributed by atoms with Gasteiger partial charge in [0.1, 0.15) is 5.66 Å². The summed E-state index contributed by atoms with van der Waals surface area (Å²) in [5, 5.41) is 3.37. The number of anilines is 1. The summed E-state index contributed by atoms with van der Waals surface area (Å²) in [6.45, 7) is 6.75. The number of amides is 1. The second-order valence-corrected chi connectivity index (χ2v) is 4.28. The average Bonchev–Trinajstić information content (AvgIpc) is 2.17. The minimum atomic E-state index is -0.305. The number of carbonyl (C=O) groups is 1. The molecular formula is C12H16N2O. The predicted octanol–water partition coefficient (Wildman–Crippen LogP) is 2.31. The highest BCUT2D eigenvalue weighted by atomic mass is 16.2. The van der Waals surface area contributed by atoms with Gasteiger partial charge in [-0.3, -0.25) is 4.79 Å². The first-order valence-corrected chi connectivity index (χ1v) is 5.25. The van der Waals surface area contributed by atoms with Crippen molar-refractivity contribution in [1.82, 2.24) is 4.90 Å². The Bertz CT molecular complexity index is 398. The van der Waals surface area contributed by atoms with Crippen LogP contribution in [0.15, 0.2) is 24.3 Å². The minimum Gasteiger partial charge on any atom is -0.362 e. The molecule has 0 saturated carbocycles. The first kappa shape index (κ1) is 10.0. The number of benzene rings is 1. The molecular weight excluding hydrogens is 188 g/mol. The zero-order chi connectivity index (χ0) is 11.1. The van der Waals surface area contributed by atoms with Gasteiger partial charge in [0.2, 0.25) is 0 Å². The topological polar surface area (TPSA) is 32.3 Å². The maximum atomic E-state index is 12.1. The van der Waals surface area contributed by atoms with Gasteiger partial charge in [-0.05, 0) is 32.9 Å². The van der Waals surface area contributed by atoms with Crippen LogP contribution in [0.3, 0.4) is 0 Å². The number of hydrogen-bond acceptors (Lipinski definition) is 2. The van der Waals surface area contributed by atoms with Crippen LogP contribution >= 0.6 is 0 Å². The van der Waals surface area contributed by atoms with Gasteiger partial charge in [0.15, 0.2) is 0 Å². The summed E-state index contributed by atoms with van der Waals surface area (Å²) in [7, 11) is 0. The van der Waals surface area contributed by atoms with E-state index in [4.69, 9.17) is 0 Å². The predicted molar refractivity (Wildman–Crippen MR) is 60.9 cm³/mol. The lowest BCUT2D eigenvalue weighted by Gasteiger charge is -2.43. The van der Waals surface area contributed by atoms with Crippen LogP contribution in [0, 0.1) is 0 Å². The number of nitrogens with zero attached hydrogens (tertiary/aromatic N) is 1. The van der Waals surface area contributed by atoms with Crippen LogP contribution in [0.1, 0.15) is 31.1 Å². The fourth-order valence-corrected chi connectivity index (χ4v) is 2.11. The van der Waals surface area contributed by atoms with Gasteiger partial charge in [0.05, 0.1) is 5.56 Å². The fourth-order valence-electron chi connectivity index (χ4n) is 2.11. The molecule has 0 bridgehead atoms. The largest absolute Gasteiger partial charge is 0.362 e. The third kappa shape index (κ3) is 1.48. The highest BCUT2D eigenvalue weighted by Crippen LogP contribution is 2.30. The summed E-state index contributed by atoms with van der Waals surface area (Å²) in [5.41, 5.74) is 1.39. The lowest BCUT2D eigenvalue weighted by atomic mass is 10.0. The van der Waals surface area contributed by atoms with Crippen molar-refractivity contribution in [2.75, 3.05) is 11.9 Å². The number of rotatable bonds is 1. The molecule has 1 aromatic carbocycles. The van der Waals surface area contributed by atoms with Gasteiger partial charge in [0, 0.05) is 12.2 Å². The molecule has 1 aliphatic heterocycles. The molecule has 1 heterocycles. The van der Waals surface area contributed by atoms with Crippen LogP contribution in [0.4, 0.5) is 5.69 Å². The maximum Gasteiger partial charge on any atom is 0.257 e. The molecule has 3 nitrogen and oxygen atoms in total. The monoisotopic (exact) mass is 204 g/mol. The molecule has 0 aromatic heterocycles. The van der Waals surface area contributed by atoms with Crippen LogP contribution in [0.25, 0.3) is 0 Å². The van der Waals surface area contributed by atoms with E-state index in [1.807, 2.05) is 49.9 Å². The Morgan fingerprint density at radius 3 is 2.67 bits per heavy atom. The summed E-state index contributed by atoms with van der Waals surface area (Å²) >= 11 is 0. The van der Waals surface area contributed by atoms with Crippen molar-refractivity contribution in [1.29, 1.82) is 0 Å². The smallest absolute Gasteiger partial charge is 0.257 e. The first-order chi connectivity index (χ1) is 7.06. The summed E-state index contributed by atoms with van der Waals surface area (Å²) in [6, 6.07) is 7.64. The van der Waals surface area contributed by atoms with Crippen LogP contribution in [0.2, 0.25) is 0 Å². The lowest BCUT2D eigenvalue weighted by molar-refractivity contribution is 0.0592. The van der Waals surface area contributed by atoms with E-state index in [2.05, 4.69) is 5.32 Å². The zero-order valence-electron chi connectivity index (χ0n) is 9.37. The number of nitrogens with one attached hydrogen (secondary N) is 1. The van der Waals surface area contributed by atoms with Gasteiger partial charge in [-0.15, -0.1) is 0 Å². The van der Waals surface area contributed by atoms with E-state index in [1.165, 1.54) is 0 Å². The molecule has 0 radical (unpaired) electrons. The summed E-state index contributed by atoms with van der Waals surface area (Å²) in [5.74, 6) is 0.108. The molecule has 1 aliphatic rings. The van der Waals surface area contributed by atoms with Gasteiger partial charge >= 0.3 is 0 Å². The zero-order valence-corrected chi connectivity index (χ0v) is 9.37. The molecule has 0 spiro atoms. The summed E-state index contributed by atoms with van der Waals surface area (Å²) in [6.07, 6.45) is 0. The van der Waals surface area contributed by atoms with E-state index in [-0.39, 0.29) is 11.6 Å². The van der Waals surface area contributed by atoms with Crippen molar-refractivity contribution in [2.24, 2.45) is 0 Å². The van der Waals surface area contributed by atoms with Crippen molar-refractivity contribution < 1.29 is 4.79 Å². The highest BCUT2D eigenvalue weighted by Gasteiger charge is 2.35. The third-order valence-electron chi connectivity index (χ3n) is 2.83. The Hall–Kier alpha value is -1.51. The molecule has 3 heteroatoms. The van der Waals surface area contributed by atoms with Gasteiger partial charge in [-0.2, -0.15) is 0 Å². The molecule has 80 valence electrons. The van der Waals surface area contributed by atoms with Crippen molar-refractivity contribution in [3.05, 3.63) is 29.8 Å². The second-order valence-electron chi connectivity index (χ2n) is 4.28. The molecule has 1 N–H and O–H groups in total. The van der Waals surface area contributed by atoms with Crippen LogP contribution in [-0.4, -0.2) is 23.0 Å². The van der Waals surface area contributed by atoms with E-state index in [9.17, 15) is 4.79 Å². The summed E-state index contributed by atoms with van der Waals surface area (Å²) in [4.78, 5) is 14.0. The SMILES string of the molecule is CCN1C(=O)c2ccccc2NC1(C)C. The number of fused-ring (bicyclic) bond motifs is 1. The van der Waals surface area contributed by atoms with Gasteiger partial charge in [-0.1, -0.05) is 12.1 Å². The van der Waals surface area contributed by atoms with Gasteiger partial charge in [-0.25, -0.2) is 0 Å². The van der Waals surface area contributed by atoms with Gasteiger partial charge < -0.3 is 10.2 Å². The van der Waals surface area contributed by atoms with Gasteiger partial charge in [0.25, 0.3) is 5.91 Å². The Balaban J connectivity index is 2.50. The molecule has 1 amide bonds. The molecule has 0 aliphatic carbocycles. The van der Waals surface area contributed by atoms with Crippen molar-refractivity contribution in [2.45, 2.75) is 26.4 Å². The molecule has 2 rings (SSSR count). The Labute approximate surface area is 90.1 Å². The first-order valence-electron chi connectivity index (χ1n) is 5.25. The standard InChI is InChI=1S/C12H16N2O/c1-4-14-11(15)9-7-5-6-8-10(9)13-12(14,2)3/h5-8,13H,4H2,1-3H3.